The van der Waals surface area contributed by atoms with Crippen molar-refractivity contribution in [3.8, 4) is 0 Å². The Morgan fingerprint density at radius 1 is 0.585 bits per heavy atom. The summed E-state index contributed by atoms with van der Waals surface area (Å²) in [5.41, 5.74) is 0. The predicted octanol–water partition coefficient (Wildman–Crippen LogP) is 7.03. The minimum Gasteiger partial charge on any atom is -0.481 e. The van der Waals surface area contributed by atoms with Crippen LogP contribution in [0.25, 0.3) is 0 Å². The van der Waals surface area contributed by atoms with E-state index >= 15 is 0 Å². The third kappa shape index (κ3) is 45.5. The van der Waals surface area contributed by atoms with Gasteiger partial charge < -0.3 is 30.3 Å². The number of aliphatic carboxylic acids is 2. The molecule has 0 fully saturated rings. The van der Waals surface area contributed by atoms with E-state index < -0.39 is 24.1 Å². The number of ether oxygens (including phenoxy) is 1. The number of aliphatic hydroxyl groups is 3. The van der Waals surface area contributed by atoms with Crippen LogP contribution in [-0.4, -0.2) is 68.9 Å². The molecule has 246 valence electrons. The molecule has 9 heteroatoms. The molecule has 0 rings (SSSR count). The highest BCUT2D eigenvalue weighted by Gasteiger charge is 2.07. The van der Waals surface area contributed by atoms with Crippen LogP contribution in [0.5, 0.6) is 0 Å². The molecule has 5 N–H and O–H groups in total. The summed E-state index contributed by atoms with van der Waals surface area (Å²) >= 11 is 0. The quantitative estimate of drug-likeness (QED) is 0.0524. The van der Waals surface area contributed by atoms with Gasteiger partial charge in [-0.25, -0.2) is 4.79 Å². The van der Waals surface area contributed by atoms with Crippen molar-refractivity contribution in [2.45, 2.75) is 174 Å². The third-order valence-electron chi connectivity index (χ3n) is 6.48. The predicted molar refractivity (Wildman–Crippen MR) is 164 cm³/mol. The molecular formula is C32H64O9. The van der Waals surface area contributed by atoms with Gasteiger partial charge in [0, 0.05) is 12.8 Å². The average Bonchev–Trinajstić information content (AvgIpc) is 2.94. The van der Waals surface area contributed by atoms with Gasteiger partial charge in [-0.05, 0) is 19.8 Å². The van der Waals surface area contributed by atoms with Crippen LogP contribution in [0.4, 0.5) is 0 Å². The molecular weight excluding hydrogens is 528 g/mol. The summed E-state index contributed by atoms with van der Waals surface area (Å²) in [6, 6.07) is 0. The highest BCUT2D eigenvalue weighted by atomic mass is 16.5. The lowest BCUT2D eigenvalue weighted by Crippen LogP contribution is -2.21. The topological polar surface area (TPSA) is 162 Å². The maximum absolute atomic E-state index is 11.3. The number of aliphatic hydroxyl groups excluding tert-OH is 3. The van der Waals surface area contributed by atoms with E-state index in [1.165, 1.54) is 110 Å². The standard InChI is InChI=1S/C15H30O4.C14H28O2.C3H6O3/c1-2-3-4-5-6-7-8-9-10-11-15(18)19-13-14(17)12-16;1-2-3-4-5-6-7-8-9-10-11-12-13-14(15)16;1-2(4)3(5)6/h14,16-17H,2-13H2,1H3;2-13H2,1H3,(H,15,16);2,4H,1H3,(H,5,6). The maximum atomic E-state index is 11.3. The largest absolute Gasteiger partial charge is 0.481 e. The molecule has 0 bridgehead atoms. The van der Waals surface area contributed by atoms with E-state index in [0.717, 1.165) is 25.7 Å². The van der Waals surface area contributed by atoms with Crippen LogP contribution in [0.2, 0.25) is 0 Å². The van der Waals surface area contributed by atoms with E-state index in [9.17, 15) is 14.4 Å². The smallest absolute Gasteiger partial charge is 0.332 e. The van der Waals surface area contributed by atoms with Crippen LogP contribution < -0.4 is 0 Å². The molecule has 9 nitrogen and oxygen atoms in total. The van der Waals surface area contributed by atoms with Gasteiger partial charge in [-0.1, -0.05) is 129 Å². The first-order valence-corrected chi connectivity index (χ1v) is 16.2. The fourth-order valence-electron chi connectivity index (χ4n) is 3.83. The first-order valence-electron chi connectivity index (χ1n) is 16.2. The molecule has 0 aromatic heterocycles. The van der Waals surface area contributed by atoms with Crippen molar-refractivity contribution < 1.29 is 44.7 Å². The lowest BCUT2D eigenvalue weighted by atomic mass is 10.1. The second-order valence-corrected chi connectivity index (χ2v) is 10.8. The molecule has 0 saturated carbocycles. The van der Waals surface area contributed by atoms with Crippen LogP contribution in [0.3, 0.4) is 0 Å². The summed E-state index contributed by atoms with van der Waals surface area (Å²) in [6.45, 7) is 5.19. The zero-order valence-corrected chi connectivity index (χ0v) is 26.5. The Bertz CT molecular complexity index is 567. The number of rotatable bonds is 26. The summed E-state index contributed by atoms with van der Waals surface area (Å²) < 4.78 is 4.82. The molecule has 0 aliphatic rings. The number of esters is 1. The van der Waals surface area contributed by atoms with Gasteiger partial charge in [0.1, 0.15) is 18.8 Å². The van der Waals surface area contributed by atoms with Gasteiger partial charge >= 0.3 is 17.9 Å². The molecule has 0 aromatic carbocycles. The molecule has 41 heavy (non-hydrogen) atoms. The highest BCUT2D eigenvalue weighted by Crippen LogP contribution is 2.12. The Labute approximate surface area is 250 Å². The molecule has 0 heterocycles. The van der Waals surface area contributed by atoms with Crippen LogP contribution in [0, 0.1) is 0 Å². The zero-order chi connectivity index (χ0) is 31.6. The lowest BCUT2D eigenvalue weighted by Gasteiger charge is -2.08. The minimum absolute atomic E-state index is 0.104. The lowest BCUT2D eigenvalue weighted by molar-refractivity contribution is -0.147. The Kier molecular flexibility index (Phi) is 38.7. The molecule has 0 aromatic rings. The summed E-state index contributed by atoms with van der Waals surface area (Å²) in [4.78, 5) is 31.0. The van der Waals surface area contributed by atoms with E-state index in [1.54, 1.807) is 0 Å². The van der Waals surface area contributed by atoms with Gasteiger partial charge in [0.25, 0.3) is 0 Å². The van der Waals surface area contributed by atoms with Gasteiger partial charge in [-0.2, -0.15) is 0 Å². The fourth-order valence-corrected chi connectivity index (χ4v) is 3.83. The molecule has 0 spiro atoms. The molecule has 2 unspecified atom stereocenters. The number of carbonyl (C=O) groups excluding carboxylic acids is 1. The van der Waals surface area contributed by atoms with Crippen LogP contribution in [0.15, 0.2) is 0 Å². The first kappa shape index (κ1) is 43.7. The van der Waals surface area contributed by atoms with Crippen molar-refractivity contribution in [1.29, 1.82) is 0 Å². The van der Waals surface area contributed by atoms with Gasteiger partial charge in [0.15, 0.2) is 0 Å². The SMILES string of the molecule is CC(O)C(=O)O.CCCCCCCCCCCC(=O)OCC(O)CO.CCCCCCCCCCCCCC(=O)O. The van der Waals surface area contributed by atoms with Crippen molar-refractivity contribution in [2.24, 2.45) is 0 Å². The third-order valence-corrected chi connectivity index (χ3v) is 6.48. The Morgan fingerprint density at radius 3 is 1.20 bits per heavy atom. The zero-order valence-electron chi connectivity index (χ0n) is 26.5. The maximum Gasteiger partial charge on any atom is 0.332 e. The van der Waals surface area contributed by atoms with Crippen molar-refractivity contribution in [3.05, 3.63) is 0 Å². The van der Waals surface area contributed by atoms with Gasteiger partial charge in [-0.3, -0.25) is 9.59 Å². The molecule has 2 atom stereocenters. The number of carbonyl (C=O) groups is 3. The molecule has 0 radical (unpaired) electrons. The first-order chi connectivity index (χ1) is 19.6. The number of unbranched alkanes of at least 4 members (excludes halogenated alkanes) is 18. The highest BCUT2D eigenvalue weighted by molar-refractivity contribution is 5.71. The van der Waals surface area contributed by atoms with Crippen molar-refractivity contribution in [1.82, 2.24) is 0 Å². The minimum atomic E-state index is -1.23. The van der Waals surface area contributed by atoms with Crippen LogP contribution in [-0.2, 0) is 19.1 Å². The van der Waals surface area contributed by atoms with Crippen LogP contribution in [0.1, 0.15) is 162 Å². The van der Waals surface area contributed by atoms with E-state index in [4.69, 9.17) is 30.3 Å². The van der Waals surface area contributed by atoms with Crippen molar-refractivity contribution in [2.75, 3.05) is 13.2 Å². The Hall–Kier alpha value is -1.71. The fraction of sp³-hybridized carbons (Fsp3) is 0.906. The monoisotopic (exact) mass is 592 g/mol. The Balaban J connectivity index is -0.000000593. The second kappa shape index (κ2) is 36.3. The van der Waals surface area contributed by atoms with Gasteiger partial charge in [0.2, 0.25) is 0 Å². The number of carboxylic acids is 2. The normalized spacial score (nSPS) is 11.9. The van der Waals surface area contributed by atoms with E-state index in [1.807, 2.05) is 0 Å². The number of hydrogen-bond donors (Lipinski definition) is 5. The summed E-state index contributed by atoms with van der Waals surface area (Å²) in [6.07, 6.45) is 23.5. The van der Waals surface area contributed by atoms with E-state index in [2.05, 4.69) is 13.8 Å². The summed E-state index contributed by atoms with van der Waals surface area (Å²) in [5.74, 6) is -2.12. The van der Waals surface area contributed by atoms with Crippen LogP contribution >= 0.6 is 0 Å². The molecule has 0 saturated heterocycles. The van der Waals surface area contributed by atoms with Gasteiger partial charge in [-0.15, -0.1) is 0 Å². The molecule has 0 aliphatic carbocycles. The van der Waals surface area contributed by atoms with E-state index in [-0.39, 0.29) is 19.2 Å². The average molecular weight is 593 g/mol. The van der Waals surface area contributed by atoms with Gasteiger partial charge in [0.05, 0.1) is 6.61 Å². The summed E-state index contributed by atoms with van der Waals surface area (Å²) in [5, 5.41) is 41.8. The molecule has 0 amide bonds. The summed E-state index contributed by atoms with van der Waals surface area (Å²) in [7, 11) is 0. The van der Waals surface area contributed by atoms with E-state index in [0.29, 0.717) is 12.8 Å². The number of carboxylic acid groups (broad SMARTS) is 2. The second-order valence-electron chi connectivity index (χ2n) is 10.8. The van der Waals surface area contributed by atoms with Crippen molar-refractivity contribution in [3.63, 3.8) is 0 Å². The molecule has 0 aliphatic heterocycles. The number of hydrogen-bond acceptors (Lipinski definition) is 7. The Morgan fingerprint density at radius 2 is 0.902 bits per heavy atom. The van der Waals surface area contributed by atoms with Crippen molar-refractivity contribution >= 4 is 17.9 Å².